The van der Waals surface area contributed by atoms with Crippen LogP contribution in [0.25, 0.3) is 0 Å². The summed E-state index contributed by atoms with van der Waals surface area (Å²) >= 11 is 0. The van der Waals surface area contributed by atoms with Crippen LogP contribution in [0.3, 0.4) is 0 Å². The first-order chi connectivity index (χ1) is 8.06. The van der Waals surface area contributed by atoms with E-state index in [1.165, 1.54) is 6.92 Å². The van der Waals surface area contributed by atoms with E-state index in [-0.39, 0.29) is 12.3 Å². The Morgan fingerprint density at radius 3 is 2.41 bits per heavy atom. The largest absolute Gasteiger partial charge is 0.481 e. The summed E-state index contributed by atoms with van der Waals surface area (Å²) in [5.74, 6) is -0.818. The summed E-state index contributed by atoms with van der Waals surface area (Å²) < 4.78 is 0. The highest BCUT2D eigenvalue weighted by Crippen LogP contribution is 1.99. The molecule has 0 bridgehead atoms. The van der Waals surface area contributed by atoms with Gasteiger partial charge in [0.2, 0.25) is 5.91 Å². The predicted octanol–water partition coefficient (Wildman–Crippen LogP) is 1.09. The zero-order chi connectivity index (χ0) is 13.1. The number of aliphatic carboxylic acids is 1. The molecule has 0 rings (SSSR count). The standard InChI is InChI=1S/C12H24N2O3/c1-3-4-5-8-14(9-6-12(16)17)10-7-13-11(2)15/h3-10H2,1-2H3,(H,13,15)(H,16,17). The van der Waals surface area contributed by atoms with E-state index in [1.807, 2.05) is 0 Å². The molecule has 2 N–H and O–H groups in total. The molecule has 17 heavy (non-hydrogen) atoms. The van der Waals surface area contributed by atoms with E-state index in [9.17, 15) is 9.59 Å². The number of nitrogens with one attached hydrogen (secondary N) is 1. The van der Waals surface area contributed by atoms with Gasteiger partial charge < -0.3 is 15.3 Å². The summed E-state index contributed by atoms with van der Waals surface area (Å²) in [7, 11) is 0. The lowest BCUT2D eigenvalue weighted by Gasteiger charge is -2.21. The molecular weight excluding hydrogens is 220 g/mol. The smallest absolute Gasteiger partial charge is 0.304 e. The van der Waals surface area contributed by atoms with Gasteiger partial charge in [-0.25, -0.2) is 0 Å². The van der Waals surface area contributed by atoms with Crippen LogP contribution >= 0.6 is 0 Å². The van der Waals surface area contributed by atoms with Crippen molar-refractivity contribution in [1.29, 1.82) is 0 Å². The van der Waals surface area contributed by atoms with E-state index in [0.717, 1.165) is 32.4 Å². The Bertz CT molecular complexity index is 232. The first-order valence-corrected chi connectivity index (χ1v) is 6.24. The van der Waals surface area contributed by atoms with Gasteiger partial charge in [-0.15, -0.1) is 0 Å². The highest BCUT2D eigenvalue weighted by molar-refractivity contribution is 5.72. The maximum absolute atomic E-state index is 10.7. The van der Waals surface area contributed by atoms with Crippen molar-refractivity contribution in [2.24, 2.45) is 0 Å². The minimum Gasteiger partial charge on any atom is -0.481 e. The van der Waals surface area contributed by atoms with Crippen LogP contribution in [-0.2, 0) is 9.59 Å². The van der Waals surface area contributed by atoms with Crippen molar-refractivity contribution in [2.45, 2.75) is 39.5 Å². The lowest BCUT2D eigenvalue weighted by molar-refractivity contribution is -0.137. The molecule has 5 heteroatoms. The lowest BCUT2D eigenvalue weighted by atomic mass is 10.2. The van der Waals surface area contributed by atoms with E-state index < -0.39 is 5.97 Å². The monoisotopic (exact) mass is 244 g/mol. The van der Waals surface area contributed by atoms with Crippen molar-refractivity contribution in [3.8, 4) is 0 Å². The van der Waals surface area contributed by atoms with Crippen LogP contribution in [0.4, 0.5) is 0 Å². The van der Waals surface area contributed by atoms with E-state index in [4.69, 9.17) is 5.11 Å². The molecule has 5 nitrogen and oxygen atoms in total. The Balaban J connectivity index is 3.83. The molecule has 1 amide bonds. The van der Waals surface area contributed by atoms with Gasteiger partial charge in [-0.1, -0.05) is 19.8 Å². The number of hydrogen-bond acceptors (Lipinski definition) is 3. The van der Waals surface area contributed by atoms with Crippen molar-refractivity contribution in [2.75, 3.05) is 26.2 Å². The first-order valence-electron chi connectivity index (χ1n) is 6.24. The van der Waals surface area contributed by atoms with Gasteiger partial charge in [0.25, 0.3) is 0 Å². The molecule has 0 aliphatic rings. The third kappa shape index (κ3) is 11.2. The second kappa shape index (κ2) is 10.1. The maximum atomic E-state index is 10.7. The molecule has 0 saturated carbocycles. The topological polar surface area (TPSA) is 69.6 Å². The third-order valence-electron chi connectivity index (χ3n) is 2.52. The van der Waals surface area contributed by atoms with Crippen LogP contribution < -0.4 is 5.32 Å². The van der Waals surface area contributed by atoms with E-state index >= 15 is 0 Å². The van der Waals surface area contributed by atoms with E-state index in [2.05, 4.69) is 17.1 Å². The summed E-state index contributed by atoms with van der Waals surface area (Å²) in [5, 5.41) is 11.4. The molecule has 0 aliphatic heterocycles. The highest BCUT2D eigenvalue weighted by Gasteiger charge is 2.07. The Kier molecular flexibility index (Phi) is 9.43. The molecule has 0 spiro atoms. The molecule has 100 valence electrons. The molecular formula is C12H24N2O3. The Morgan fingerprint density at radius 2 is 1.88 bits per heavy atom. The van der Waals surface area contributed by atoms with Gasteiger partial charge in [0.1, 0.15) is 0 Å². The summed E-state index contributed by atoms with van der Waals surface area (Å²) in [6, 6.07) is 0. The van der Waals surface area contributed by atoms with Crippen LogP contribution in [-0.4, -0.2) is 48.1 Å². The SMILES string of the molecule is CCCCCN(CCNC(C)=O)CCC(=O)O. The van der Waals surface area contributed by atoms with Gasteiger partial charge >= 0.3 is 5.97 Å². The van der Waals surface area contributed by atoms with Gasteiger partial charge in [0.05, 0.1) is 6.42 Å². The normalized spacial score (nSPS) is 10.5. The van der Waals surface area contributed by atoms with Gasteiger partial charge in [-0.2, -0.15) is 0 Å². The van der Waals surface area contributed by atoms with E-state index in [1.54, 1.807) is 0 Å². The second-order valence-corrected chi connectivity index (χ2v) is 4.18. The molecule has 0 heterocycles. The third-order valence-corrected chi connectivity index (χ3v) is 2.52. The fourth-order valence-corrected chi connectivity index (χ4v) is 1.56. The second-order valence-electron chi connectivity index (χ2n) is 4.18. The molecule has 0 saturated heterocycles. The van der Waals surface area contributed by atoms with Crippen molar-refractivity contribution in [3.05, 3.63) is 0 Å². The van der Waals surface area contributed by atoms with Crippen LogP contribution in [0.2, 0.25) is 0 Å². The molecule has 0 aromatic rings. The number of carbonyl (C=O) groups excluding carboxylic acids is 1. The van der Waals surface area contributed by atoms with Crippen molar-refractivity contribution in [1.82, 2.24) is 10.2 Å². The summed E-state index contributed by atoms with van der Waals surface area (Å²) in [6.07, 6.45) is 3.55. The number of carboxylic acid groups (broad SMARTS) is 1. The van der Waals surface area contributed by atoms with Crippen LogP contribution in [0, 0.1) is 0 Å². The molecule has 0 unspecified atom stereocenters. The predicted molar refractivity (Wildman–Crippen MR) is 66.9 cm³/mol. The summed E-state index contributed by atoms with van der Waals surface area (Å²) in [5.41, 5.74) is 0. The number of amides is 1. The minimum absolute atomic E-state index is 0.0447. The molecule has 0 aromatic carbocycles. The molecule has 0 aromatic heterocycles. The fourth-order valence-electron chi connectivity index (χ4n) is 1.56. The van der Waals surface area contributed by atoms with Crippen LogP contribution in [0.5, 0.6) is 0 Å². The number of carbonyl (C=O) groups is 2. The van der Waals surface area contributed by atoms with Crippen LogP contribution in [0.1, 0.15) is 39.5 Å². The fraction of sp³-hybridized carbons (Fsp3) is 0.833. The Hall–Kier alpha value is -1.10. The van der Waals surface area contributed by atoms with Crippen molar-refractivity contribution in [3.63, 3.8) is 0 Å². The molecule has 0 aliphatic carbocycles. The average molecular weight is 244 g/mol. The number of carboxylic acids is 1. The van der Waals surface area contributed by atoms with Crippen molar-refractivity contribution < 1.29 is 14.7 Å². The number of nitrogens with zero attached hydrogens (tertiary/aromatic N) is 1. The number of rotatable bonds is 10. The quantitative estimate of drug-likeness (QED) is 0.564. The summed E-state index contributed by atoms with van der Waals surface area (Å²) in [6.45, 7) is 6.38. The minimum atomic E-state index is -0.773. The van der Waals surface area contributed by atoms with Crippen LogP contribution in [0.15, 0.2) is 0 Å². The van der Waals surface area contributed by atoms with Gasteiger partial charge in [-0.05, 0) is 13.0 Å². The Morgan fingerprint density at radius 1 is 1.18 bits per heavy atom. The summed E-state index contributed by atoms with van der Waals surface area (Å²) in [4.78, 5) is 23.3. The van der Waals surface area contributed by atoms with Gasteiger partial charge in [0.15, 0.2) is 0 Å². The zero-order valence-corrected chi connectivity index (χ0v) is 10.9. The zero-order valence-electron chi connectivity index (χ0n) is 10.9. The number of hydrogen-bond donors (Lipinski definition) is 2. The molecule has 0 fully saturated rings. The number of unbranched alkanes of at least 4 members (excludes halogenated alkanes) is 2. The Labute approximate surface area is 103 Å². The van der Waals surface area contributed by atoms with Gasteiger partial charge in [-0.3, -0.25) is 9.59 Å². The highest BCUT2D eigenvalue weighted by atomic mass is 16.4. The first kappa shape index (κ1) is 15.9. The molecule has 0 radical (unpaired) electrons. The van der Waals surface area contributed by atoms with Gasteiger partial charge in [0, 0.05) is 26.6 Å². The van der Waals surface area contributed by atoms with E-state index in [0.29, 0.717) is 13.1 Å². The van der Waals surface area contributed by atoms with Crippen molar-refractivity contribution >= 4 is 11.9 Å². The molecule has 0 atom stereocenters. The lowest BCUT2D eigenvalue weighted by Crippen LogP contribution is -2.35. The maximum Gasteiger partial charge on any atom is 0.304 e. The average Bonchev–Trinajstić information content (AvgIpc) is 2.24.